The van der Waals surface area contributed by atoms with Crippen LogP contribution in [-0.2, 0) is 32.7 Å². The topological polar surface area (TPSA) is 108 Å². The highest BCUT2D eigenvalue weighted by atomic mass is 31.2. The number of carbonyl (C=O) groups is 2. The van der Waals surface area contributed by atoms with E-state index in [1.165, 1.54) is 263 Å². The van der Waals surface area contributed by atoms with Gasteiger partial charge in [-0.05, 0) is 64.2 Å². The number of allylic oxidation sites excluding steroid dienone is 12. The van der Waals surface area contributed by atoms with Gasteiger partial charge >= 0.3 is 19.8 Å². The van der Waals surface area contributed by atoms with Gasteiger partial charge in [0.2, 0.25) is 0 Å². The summed E-state index contributed by atoms with van der Waals surface area (Å²) in [4.78, 5) is 35.9. The fraction of sp³-hybridized carbons (Fsp3) is 0.823. The number of phosphoric acid groups is 1. The second-order valence-electron chi connectivity index (χ2n) is 27.0. The van der Waals surface area contributed by atoms with Gasteiger partial charge < -0.3 is 18.9 Å². The lowest BCUT2D eigenvalue weighted by atomic mass is 10.0. The number of esters is 2. The number of rotatable bonds is 71. The highest BCUT2D eigenvalue weighted by Gasteiger charge is 2.27. The summed E-state index contributed by atoms with van der Waals surface area (Å²) in [5.74, 6) is -0.776. The lowest BCUT2D eigenvalue weighted by Gasteiger charge is -2.24. The van der Waals surface area contributed by atoms with E-state index in [9.17, 15) is 19.0 Å². The fourth-order valence-electron chi connectivity index (χ4n) is 11.2. The summed E-state index contributed by atoms with van der Waals surface area (Å²) in [6.07, 6.45) is 94.6. The van der Waals surface area contributed by atoms with Gasteiger partial charge in [-0.2, -0.15) is 0 Å². The number of likely N-dealkylation sites (N-methyl/N-ethyl adjacent to an activating group) is 1. The monoisotopic (exact) mass is 1270 g/mol. The molecular weight excluding hydrogens is 1120 g/mol. The molecule has 9 nitrogen and oxygen atoms in total. The number of quaternary nitrogens is 1. The van der Waals surface area contributed by atoms with Crippen LogP contribution in [0.5, 0.6) is 0 Å². The van der Waals surface area contributed by atoms with Crippen molar-refractivity contribution in [3.8, 4) is 0 Å². The fourth-order valence-corrected chi connectivity index (χ4v) is 11.9. The van der Waals surface area contributed by atoms with E-state index in [0.717, 1.165) is 70.6 Å². The molecule has 0 saturated carbocycles. The highest BCUT2D eigenvalue weighted by Crippen LogP contribution is 2.43. The average molecular weight is 1270 g/mol. The molecule has 0 aliphatic carbocycles. The first-order valence-electron chi connectivity index (χ1n) is 38.2. The Bertz CT molecular complexity index is 1730. The lowest BCUT2D eigenvalue weighted by molar-refractivity contribution is -0.870. The molecular formula is C79H147NO8P+. The van der Waals surface area contributed by atoms with Crippen LogP contribution in [0.3, 0.4) is 0 Å². The molecule has 1 N–H and O–H groups in total. The molecule has 0 spiro atoms. The molecule has 0 aromatic carbocycles. The molecule has 0 heterocycles. The van der Waals surface area contributed by atoms with Crippen LogP contribution in [0.15, 0.2) is 72.9 Å². The van der Waals surface area contributed by atoms with Gasteiger partial charge in [0, 0.05) is 12.8 Å². The maximum absolute atomic E-state index is 12.9. The maximum atomic E-state index is 12.9. The normalized spacial score (nSPS) is 13.5. The predicted molar refractivity (Wildman–Crippen MR) is 386 cm³/mol. The Balaban J connectivity index is 3.94. The van der Waals surface area contributed by atoms with Crippen LogP contribution in [-0.4, -0.2) is 74.9 Å². The van der Waals surface area contributed by atoms with Gasteiger partial charge in [-0.3, -0.25) is 18.6 Å². The Labute approximate surface area is 552 Å². The van der Waals surface area contributed by atoms with E-state index in [0.29, 0.717) is 23.9 Å². The van der Waals surface area contributed by atoms with Crippen molar-refractivity contribution in [2.75, 3.05) is 47.5 Å². The average Bonchev–Trinajstić information content (AvgIpc) is 3.60. The number of hydrogen-bond acceptors (Lipinski definition) is 7. The van der Waals surface area contributed by atoms with Crippen molar-refractivity contribution in [3.05, 3.63) is 72.9 Å². The van der Waals surface area contributed by atoms with Gasteiger partial charge in [-0.15, -0.1) is 0 Å². The highest BCUT2D eigenvalue weighted by molar-refractivity contribution is 7.47. The molecule has 0 aromatic rings. The van der Waals surface area contributed by atoms with Crippen molar-refractivity contribution in [1.82, 2.24) is 0 Å². The summed E-state index contributed by atoms with van der Waals surface area (Å²) in [6, 6.07) is 0. The molecule has 2 unspecified atom stereocenters. The lowest BCUT2D eigenvalue weighted by Crippen LogP contribution is -2.37. The smallest absolute Gasteiger partial charge is 0.462 e. The quantitative estimate of drug-likeness (QED) is 0.0211. The molecule has 0 bridgehead atoms. The maximum Gasteiger partial charge on any atom is 0.472 e. The van der Waals surface area contributed by atoms with Gasteiger partial charge in [-0.25, -0.2) is 4.57 Å². The van der Waals surface area contributed by atoms with Gasteiger partial charge in [0.25, 0.3) is 0 Å². The standard InChI is InChI=1S/C79H146NO8P/c1-6-8-10-12-14-16-18-20-22-24-26-28-30-32-34-35-36-37-38-39-40-41-42-43-44-45-46-48-50-52-54-56-58-60-62-64-66-68-70-72-79(82)88-77(76-87-89(83,84)86-74-73-80(3,4)5)75-85-78(81)71-69-67-65-63-61-59-57-55-53-51-49-47-33-31-29-27-25-23-21-19-17-15-13-11-9-7-2/h8,10,14,16,20,22,26,28,32,34,36-37,77H,6-7,9,11-13,15,17-19,21,23-25,27,29-31,33,35,38-76H2,1-5H3/p+1/b10-8-,16-14-,22-20-,28-26-,34-32-,37-36-. The third-order valence-corrected chi connectivity index (χ3v) is 18.0. The Morgan fingerprint density at radius 2 is 0.640 bits per heavy atom. The Kier molecular flexibility index (Phi) is 67.8. The molecule has 0 radical (unpaired) electrons. The number of hydrogen-bond donors (Lipinski definition) is 1. The minimum atomic E-state index is -4.39. The summed E-state index contributed by atoms with van der Waals surface area (Å²) < 4.78 is 34.8. The van der Waals surface area contributed by atoms with Crippen molar-refractivity contribution in [2.45, 2.75) is 373 Å². The van der Waals surface area contributed by atoms with Gasteiger partial charge in [-0.1, -0.05) is 363 Å². The molecule has 0 aliphatic rings. The first-order chi connectivity index (χ1) is 43.5. The Morgan fingerprint density at radius 1 is 0.360 bits per heavy atom. The SMILES string of the molecule is CC/C=C\C/C=C\C/C=C\C/C=C\C/C=C\C/C=C\CCCCCCCCCCCCCCCCCCCCCCC(=O)OC(COC(=O)CCCCCCCCCCCCCCCCCCCCCCCCCCCC)COP(=O)(O)OCC[N+](C)(C)C. The largest absolute Gasteiger partial charge is 0.472 e. The number of ether oxygens (including phenoxy) is 2. The van der Waals surface area contributed by atoms with E-state index in [1.807, 2.05) is 21.1 Å². The van der Waals surface area contributed by atoms with Crippen molar-refractivity contribution in [3.63, 3.8) is 0 Å². The molecule has 10 heteroatoms. The molecule has 0 amide bonds. The molecule has 0 saturated heterocycles. The molecule has 0 rings (SSSR count). The van der Waals surface area contributed by atoms with Crippen LogP contribution in [0.2, 0.25) is 0 Å². The third kappa shape index (κ3) is 74.4. The summed E-state index contributed by atoms with van der Waals surface area (Å²) in [6.45, 7) is 4.39. The summed E-state index contributed by atoms with van der Waals surface area (Å²) in [5, 5.41) is 0. The van der Waals surface area contributed by atoms with Crippen LogP contribution in [0.4, 0.5) is 0 Å². The second kappa shape index (κ2) is 69.8. The van der Waals surface area contributed by atoms with Crippen LogP contribution < -0.4 is 0 Å². The van der Waals surface area contributed by atoms with Gasteiger partial charge in [0.1, 0.15) is 19.8 Å². The first-order valence-corrected chi connectivity index (χ1v) is 39.7. The number of nitrogens with zero attached hydrogens (tertiary/aromatic N) is 1. The molecule has 0 fully saturated rings. The summed E-state index contributed by atoms with van der Waals surface area (Å²) >= 11 is 0. The van der Waals surface area contributed by atoms with Crippen molar-refractivity contribution in [2.24, 2.45) is 0 Å². The van der Waals surface area contributed by atoms with E-state index in [1.54, 1.807) is 0 Å². The number of carbonyl (C=O) groups excluding carboxylic acids is 2. The van der Waals surface area contributed by atoms with E-state index in [4.69, 9.17) is 18.5 Å². The van der Waals surface area contributed by atoms with Crippen LogP contribution in [0.25, 0.3) is 0 Å². The van der Waals surface area contributed by atoms with E-state index in [-0.39, 0.29) is 25.6 Å². The van der Waals surface area contributed by atoms with Gasteiger partial charge in [0.15, 0.2) is 6.10 Å². The minimum absolute atomic E-state index is 0.0337. The van der Waals surface area contributed by atoms with E-state index >= 15 is 0 Å². The van der Waals surface area contributed by atoms with Crippen molar-refractivity contribution >= 4 is 19.8 Å². The van der Waals surface area contributed by atoms with Crippen molar-refractivity contribution < 1.29 is 42.1 Å². The van der Waals surface area contributed by atoms with E-state index in [2.05, 4.69) is 86.8 Å². The van der Waals surface area contributed by atoms with Crippen LogP contribution in [0.1, 0.15) is 367 Å². The number of phosphoric ester groups is 1. The predicted octanol–water partition coefficient (Wildman–Crippen LogP) is 25.1. The third-order valence-electron chi connectivity index (χ3n) is 17.0. The molecule has 0 aliphatic heterocycles. The zero-order valence-corrected chi connectivity index (χ0v) is 60.3. The Hall–Kier alpha value is -2.55. The van der Waals surface area contributed by atoms with Crippen LogP contribution >= 0.6 is 7.82 Å². The zero-order valence-electron chi connectivity index (χ0n) is 59.4. The minimum Gasteiger partial charge on any atom is -0.462 e. The molecule has 520 valence electrons. The Morgan fingerprint density at radius 3 is 0.955 bits per heavy atom. The molecule has 2 atom stereocenters. The first kappa shape index (κ1) is 86.5. The van der Waals surface area contributed by atoms with Crippen molar-refractivity contribution in [1.29, 1.82) is 0 Å². The molecule has 89 heavy (non-hydrogen) atoms. The summed E-state index contributed by atoms with van der Waals surface area (Å²) in [7, 11) is 1.50. The van der Waals surface area contributed by atoms with Crippen LogP contribution in [0, 0.1) is 0 Å². The second-order valence-corrected chi connectivity index (χ2v) is 28.5. The zero-order chi connectivity index (χ0) is 64.8. The summed E-state index contributed by atoms with van der Waals surface area (Å²) in [5.41, 5.74) is 0. The molecule has 0 aromatic heterocycles. The van der Waals surface area contributed by atoms with Gasteiger partial charge in [0.05, 0.1) is 27.7 Å². The van der Waals surface area contributed by atoms with E-state index < -0.39 is 26.5 Å². The number of unbranched alkanes of at least 4 members (excludes halogenated alkanes) is 45.